The van der Waals surface area contributed by atoms with E-state index in [1.54, 1.807) is 13.8 Å². The van der Waals surface area contributed by atoms with Gasteiger partial charge in [0.25, 0.3) is 5.89 Å². The summed E-state index contributed by atoms with van der Waals surface area (Å²) in [6.07, 6.45) is 1.33. The third-order valence-electron chi connectivity index (χ3n) is 5.23. The summed E-state index contributed by atoms with van der Waals surface area (Å²) in [7, 11) is -1.25. The van der Waals surface area contributed by atoms with Gasteiger partial charge in [0.05, 0.1) is 16.8 Å². The Morgan fingerprint density at radius 1 is 1.12 bits per heavy atom. The molecule has 0 saturated heterocycles. The molecule has 4 rings (SSSR count). The van der Waals surface area contributed by atoms with Gasteiger partial charge in [0.1, 0.15) is 5.82 Å². The van der Waals surface area contributed by atoms with E-state index >= 15 is 0 Å². The van der Waals surface area contributed by atoms with Crippen LogP contribution in [0.25, 0.3) is 34.3 Å². The van der Waals surface area contributed by atoms with E-state index in [4.69, 9.17) is 10.2 Å². The molecule has 0 bridgehead atoms. The number of hydrogen-bond acceptors (Lipinski definition) is 9. The first-order valence-electron chi connectivity index (χ1n) is 10.5. The molecule has 0 aliphatic heterocycles. The van der Waals surface area contributed by atoms with E-state index in [2.05, 4.69) is 25.5 Å². The van der Waals surface area contributed by atoms with E-state index in [0.717, 1.165) is 23.7 Å². The molecule has 0 radical (unpaired) electrons. The average Bonchev–Trinajstić information content (AvgIpc) is 3.30. The zero-order valence-corrected chi connectivity index (χ0v) is 19.7. The topological polar surface area (TPSA) is 143 Å². The van der Waals surface area contributed by atoms with Gasteiger partial charge in [-0.2, -0.15) is 10.6 Å². The minimum absolute atomic E-state index is 0. The Kier molecular flexibility index (Phi) is 6.62. The highest BCUT2D eigenvalue weighted by Gasteiger charge is 2.23. The minimum Gasteiger partial charge on any atom is -0.414 e. The number of benzene rings is 2. The zero-order valence-electron chi connectivity index (χ0n) is 18.9. The fraction of sp³-hybridized carbons (Fsp3) is 0.217. The second-order valence-electron chi connectivity index (χ2n) is 7.91. The molecule has 2 heterocycles. The number of nitrogens with two attached hydrogens (primary N) is 1. The van der Waals surface area contributed by atoms with Crippen molar-refractivity contribution in [2.24, 2.45) is 0 Å². The van der Waals surface area contributed by atoms with Crippen LogP contribution in [-0.2, 0) is 6.54 Å². The number of halogens is 1. The van der Waals surface area contributed by atoms with Crippen LogP contribution >= 0.6 is 10.6 Å². The molecule has 0 aliphatic rings. The Hall–Kier alpha value is -3.38. The molecule has 0 spiro atoms. The molecule has 34 heavy (non-hydrogen) atoms. The predicted octanol–water partition coefficient (Wildman–Crippen LogP) is 5.31. The monoisotopic (exact) mass is 488 g/mol. The molecule has 0 aliphatic carbocycles. The Bertz CT molecular complexity index is 1320. The number of nitrogens with one attached hydrogen (secondary N) is 1. The third-order valence-corrected chi connectivity index (χ3v) is 7.49. The van der Waals surface area contributed by atoms with E-state index in [0.29, 0.717) is 0 Å². The summed E-state index contributed by atoms with van der Waals surface area (Å²) in [6, 6.07) is 11.6. The molecule has 4 aromatic rings. The molecule has 2 aromatic carbocycles. The summed E-state index contributed by atoms with van der Waals surface area (Å²) in [5.41, 5.74) is 8.26. The van der Waals surface area contributed by atoms with Crippen LogP contribution in [0.1, 0.15) is 22.3 Å². The van der Waals surface area contributed by atoms with Crippen molar-refractivity contribution in [1.82, 2.24) is 25.5 Å². The molecule has 0 unspecified atom stereocenters. The number of aromatic nitrogens is 4. The van der Waals surface area contributed by atoms with Gasteiger partial charge in [0.15, 0.2) is 11.5 Å². The van der Waals surface area contributed by atoms with Crippen LogP contribution in [0.15, 0.2) is 58.0 Å². The average molecular weight is 489 g/mol. The minimum atomic E-state index is -3.12. The number of anilines is 1. The van der Waals surface area contributed by atoms with Crippen LogP contribution in [0.5, 0.6) is 0 Å². The van der Waals surface area contributed by atoms with Gasteiger partial charge < -0.3 is 15.5 Å². The summed E-state index contributed by atoms with van der Waals surface area (Å²) in [5.74, 6) is -0.287. The smallest absolute Gasteiger partial charge is 0.270 e. The maximum absolute atomic E-state index is 14.9. The van der Waals surface area contributed by atoms with Crippen LogP contribution in [0, 0.1) is 5.82 Å². The lowest BCUT2D eigenvalue weighted by molar-refractivity contribution is 0.475. The molecule has 11 heteroatoms. The summed E-state index contributed by atoms with van der Waals surface area (Å²) in [4.78, 5) is 8.62. The van der Waals surface area contributed by atoms with Gasteiger partial charge in [0, 0.05) is 25.8 Å². The van der Waals surface area contributed by atoms with Gasteiger partial charge >= 0.3 is 0 Å². The molecule has 0 amide bonds. The molecule has 0 atom stereocenters. The van der Waals surface area contributed by atoms with Crippen LogP contribution in [-0.4, -0.2) is 41.6 Å². The highest BCUT2D eigenvalue weighted by molar-refractivity contribution is 8.24. The summed E-state index contributed by atoms with van der Waals surface area (Å²) in [6.45, 7) is 4.06. The van der Waals surface area contributed by atoms with Gasteiger partial charge in [-0.1, -0.05) is 12.1 Å². The van der Waals surface area contributed by atoms with Crippen molar-refractivity contribution in [2.75, 3.05) is 12.8 Å². The Balaban J connectivity index is 0.00000228. The maximum atomic E-state index is 14.9. The molecule has 5 N–H and O–H groups in total. The number of rotatable bonds is 7. The van der Waals surface area contributed by atoms with Gasteiger partial charge in [-0.15, -0.1) is 10.2 Å². The largest absolute Gasteiger partial charge is 0.414 e. The Morgan fingerprint density at radius 2 is 1.82 bits per heavy atom. The van der Waals surface area contributed by atoms with Crippen LogP contribution < -0.4 is 11.1 Å². The van der Waals surface area contributed by atoms with Crippen molar-refractivity contribution in [2.45, 2.75) is 30.5 Å². The van der Waals surface area contributed by atoms with Crippen LogP contribution in [0.3, 0.4) is 0 Å². The molecule has 2 aromatic heterocycles. The lowest BCUT2D eigenvalue weighted by Crippen LogP contribution is -2.11. The first-order chi connectivity index (χ1) is 16.2. The molecule has 9 nitrogen and oxygen atoms in total. The standard InChI is InChI=1S/C23H25FN6O3S.2H2/c1-13(2)34(31,32)16-8-9-17(18(24)10-16)19-12-27-21(25)20(28-19)23-30-29-22(33-23)15-6-4-14(5-7-15)11-26-3;;/h4-10,12-13,26,31-32H,11H2,1-3H3,(H2,25,27);2*1H. The molecule has 0 fully saturated rings. The summed E-state index contributed by atoms with van der Waals surface area (Å²) in [5, 5.41) is 10.7. The zero-order chi connectivity index (χ0) is 24.5. The van der Waals surface area contributed by atoms with Crippen molar-refractivity contribution in [1.29, 1.82) is 0 Å². The van der Waals surface area contributed by atoms with E-state index in [1.165, 1.54) is 18.3 Å². The van der Waals surface area contributed by atoms with Gasteiger partial charge in [0.2, 0.25) is 5.89 Å². The summed E-state index contributed by atoms with van der Waals surface area (Å²) < 4.78 is 41.3. The van der Waals surface area contributed by atoms with Crippen molar-refractivity contribution < 1.29 is 20.8 Å². The van der Waals surface area contributed by atoms with Crippen molar-refractivity contribution in [3.8, 4) is 34.3 Å². The van der Waals surface area contributed by atoms with Gasteiger partial charge in [-0.3, -0.25) is 9.11 Å². The second kappa shape index (κ2) is 9.47. The first kappa shape index (κ1) is 23.8. The van der Waals surface area contributed by atoms with Crippen LogP contribution in [0.4, 0.5) is 10.2 Å². The lowest BCUT2D eigenvalue weighted by atomic mass is 10.1. The maximum Gasteiger partial charge on any atom is 0.270 e. The highest BCUT2D eigenvalue weighted by atomic mass is 32.3. The van der Waals surface area contributed by atoms with E-state index in [9.17, 15) is 13.5 Å². The first-order valence-corrected chi connectivity index (χ1v) is 12.1. The molecule has 0 saturated carbocycles. The Morgan fingerprint density at radius 3 is 2.47 bits per heavy atom. The summed E-state index contributed by atoms with van der Waals surface area (Å²) >= 11 is 0. The van der Waals surface area contributed by atoms with E-state index < -0.39 is 21.7 Å². The molecular formula is C23H29FN6O3S. The SMILES string of the molecule is CNCc1ccc(-c2nnc(-c3nc(-c4ccc(S(O)(O)C(C)C)cc4F)cnc3N)o2)cc1.[HH].[HH]. The normalized spacial score (nSPS) is 12.3. The second-order valence-corrected chi connectivity index (χ2v) is 10.5. The van der Waals surface area contributed by atoms with Gasteiger partial charge in [-0.25, -0.2) is 14.4 Å². The van der Waals surface area contributed by atoms with Crippen molar-refractivity contribution >= 4 is 16.4 Å². The fourth-order valence-corrected chi connectivity index (χ4v) is 4.34. The van der Waals surface area contributed by atoms with Gasteiger partial charge in [-0.05, 0) is 56.8 Å². The lowest BCUT2D eigenvalue weighted by Gasteiger charge is -2.36. The number of nitrogen functional groups attached to an aromatic ring is 1. The third kappa shape index (κ3) is 4.64. The quantitative estimate of drug-likeness (QED) is 0.272. The predicted molar refractivity (Wildman–Crippen MR) is 134 cm³/mol. The highest BCUT2D eigenvalue weighted by Crippen LogP contribution is 2.52. The van der Waals surface area contributed by atoms with Crippen LogP contribution in [0.2, 0.25) is 0 Å². The van der Waals surface area contributed by atoms with E-state index in [-0.39, 0.29) is 42.3 Å². The number of hydrogen-bond donors (Lipinski definition) is 4. The molecule has 182 valence electrons. The Labute approximate surface area is 200 Å². The number of nitrogens with zero attached hydrogens (tertiary/aromatic N) is 4. The van der Waals surface area contributed by atoms with E-state index in [1.807, 2.05) is 31.3 Å². The van der Waals surface area contributed by atoms with Crippen molar-refractivity contribution in [3.63, 3.8) is 0 Å². The fourth-order valence-electron chi connectivity index (χ4n) is 3.25. The van der Waals surface area contributed by atoms with Crippen molar-refractivity contribution in [3.05, 3.63) is 60.0 Å². The molecular weight excluding hydrogens is 459 g/mol.